The molecule has 37 heavy (non-hydrogen) atoms. The number of pyridine rings is 1. The lowest BCUT2D eigenvalue weighted by atomic mass is 9.97. The minimum absolute atomic E-state index is 0.0104. The van der Waals surface area contributed by atoms with Crippen molar-refractivity contribution in [2.24, 2.45) is 0 Å². The maximum absolute atomic E-state index is 12.9. The largest absolute Gasteiger partial charge is 0.468 e. The van der Waals surface area contributed by atoms with Gasteiger partial charge in [0.2, 0.25) is 11.6 Å². The molecule has 0 amide bonds. The van der Waals surface area contributed by atoms with E-state index >= 15 is 0 Å². The van der Waals surface area contributed by atoms with Gasteiger partial charge in [-0.25, -0.2) is 18.2 Å². The topological polar surface area (TPSA) is 124 Å². The van der Waals surface area contributed by atoms with Crippen molar-refractivity contribution in [3.05, 3.63) is 65.0 Å². The molecule has 0 saturated heterocycles. The highest BCUT2D eigenvalue weighted by Gasteiger charge is 2.29. The van der Waals surface area contributed by atoms with Gasteiger partial charge >= 0.3 is 12.1 Å². The van der Waals surface area contributed by atoms with Gasteiger partial charge in [-0.1, -0.05) is 17.3 Å². The molecule has 0 aliphatic carbocycles. The van der Waals surface area contributed by atoms with Crippen molar-refractivity contribution < 1.29 is 40.4 Å². The Morgan fingerprint density at radius 3 is 2.68 bits per heavy atom. The Labute approximate surface area is 210 Å². The van der Waals surface area contributed by atoms with Gasteiger partial charge in [-0.3, -0.25) is 9.62 Å². The molecule has 1 unspecified atom stereocenters. The second-order valence-corrected chi connectivity index (χ2v) is 10.0. The van der Waals surface area contributed by atoms with E-state index in [0.717, 1.165) is 29.9 Å². The van der Waals surface area contributed by atoms with E-state index in [-0.39, 0.29) is 28.4 Å². The first-order valence-corrected chi connectivity index (χ1v) is 12.5. The summed E-state index contributed by atoms with van der Waals surface area (Å²) in [5, 5.41) is 3.54. The number of fused-ring (bicyclic) bond motifs is 1. The van der Waals surface area contributed by atoms with Crippen molar-refractivity contribution in [1.29, 1.82) is 0 Å². The maximum atomic E-state index is 12.9. The van der Waals surface area contributed by atoms with Crippen molar-refractivity contribution in [1.82, 2.24) is 15.0 Å². The Balaban J connectivity index is 1.45. The van der Waals surface area contributed by atoms with Gasteiger partial charge in [0.1, 0.15) is 0 Å². The quantitative estimate of drug-likeness (QED) is 0.426. The lowest BCUT2D eigenvalue weighted by Crippen LogP contribution is -2.33. The lowest BCUT2D eigenvalue weighted by Gasteiger charge is -2.34. The van der Waals surface area contributed by atoms with Gasteiger partial charge in [0, 0.05) is 37.5 Å². The van der Waals surface area contributed by atoms with Crippen LogP contribution in [0.2, 0.25) is 0 Å². The third-order valence-electron chi connectivity index (χ3n) is 5.84. The molecule has 1 atom stereocenters. The van der Waals surface area contributed by atoms with E-state index in [9.17, 15) is 26.4 Å². The zero-order chi connectivity index (χ0) is 26.8. The van der Waals surface area contributed by atoms with Gasteiger partial charge in [-0.15, -0.1) is 0 Å². The van der Waals surface area contributed by atoms with Crippen molar-refractivity contribution in [2.45, 2.75) is 37.0 Å². The van der Waals surface area contributed by atoms with Gasteiger partial charge < -0.3 is 14.0 Å². The number of nitrogens with zero attached hydrogens (tertiary/aromatic N) is 3. The summed E-state index contributed by atoms with van der Waals surface area (Å²) in [6, 6.07) is 8.85. The molecule has 198 valence electrons. The number of benzene rings is 1. The molecule has 1 aromatic carbocycles. The number of anilines is 1. The fraction of sp³-hybridized carbons (Fsp3) is 0.348. The predicted octanol–water partition coefficient (Wildman–Crippen LogP) is 3.72. The van der Waals surface area contributed by atoms with Crippen LogP contribution in [-0.4, -0.2) is 55.9 Å². The van der Waals surface area contributed by atoms with Gasteiger partial charge in [0.15, 0.2) is 12.4 Å². The molecule has 1 aliphatic heterocycles. The van der Waals surface area contributed by atoms with Crippen LogP contribution in [0.4, 0.5) is 19.0 Å². The van der Waals surface area contributed by atoms with Crippen LogP contribution in [-0.2, 0) is 27.7 Å². The summed E-state index contributed by atoms with van der Waals surface area (Å²) >= 11 is 0. The van der Waals surface area contributed by atoms with Crippen LogP contribution in [0.3, 0.4) is 0 Å². The fourth-order valence-electron chi connectivity index (χ4n) is 3.86. The van der Waals surface area contributed by atoms with E-state index in [1.165, 1.54) is 18.3 Å². The monoisotopic (exact) mass is 540 g/mol. The molecule has 0 fully saturated rings. The molecule has 0 bridgehead atoms. The number of alkyl halides is 3. The number of carbonyl (C=O) groups is 1. The molecule has 0 spiro atoms. The molecule has 3 heterocycles. The number of halogens is 3. The summed E-state index contributed by atoms with van der Waals surface area (Å²) in [6.45, 7) is 1.66. The smallest absolute Gasteiger partial charge is 0.422 e. The molecule has 1 aliphatic rings. The molecule has 0 radical (unpaired) electrons. The molecular weight excluding hydrogens is 517 g/mol. The molecule has 2 aromatic heterocycles. The molecule has 1 N–H and O–H groups in total. The first kappa shape index (κ1) is 26.4. The summed E-state index contributed by atoms with van der Waals surface area (Å²) in [5.74, 6) is -1.32. The highest BCUT2D eigenvalue weighted by Crippen LogP contribution is 2.30. The Kier molecular flexibility index (Phi) is 7.41. The first-order chi connectivity index (χ1) is 17.4. The maximum Gasteiger partial charge on any atom is 0.422 e. The van der Waals surface area contributed by atoms with Crippen molar-refractivity contribution in [2.75, 3.05) is 25.0 Å². The number of carbonyl (C=O) groups excluding carboxylic acids is 1. The van der Waals surface area contributed by atoms with Crippen molar-refractivity contribution in [3.8, 4) is 5.88 Å². The van der Waals surface area contributed by atoms with Crippen LogP contribution in [0.25, 0.3) is 0 Å². The van der Waals surface area contributed by atoms with Crippen LogP contribution in [0.1, 0.15) is 40.2 Å². The first-order valence-electron chi connectivity index (χ1n) is 11.0. The summed E-state index contributed by atoms with van der Waals surface area (Å²) in [5.41, 5.74) is 2.60. The van der Waals surface area contributed by atoms with E-state index < -0.39 is 28.8 Å². The average Bonchev–Trinajstić information content (AvgIpc) is 3.33. The number of rotatable bonds is 8. The minimum Gasteiger partial charge on any atom is -0.468 e. The van der Waals surface area contributed by atoms with Crippen LogP contribution in [0, 0.1) is 0 Å². The summed E-state index contributed by atoms with van der Waals surface area (Å²) < 4.78 is 79.1. The zero-order valence-electron chi connectivity index (χ0n) is 19.8. The van der Waals surface area contributed by atoms with E-state index in [4.69, 9.17) is 4.52 Å². The van der Waals surface area contributed by atoms with Gasteiger partial charge in [0.25, 0.3) is 10.0 Å². The van der Waals surface area contributed by atoms with Gasteiger partial charge in [-0.2, -0.15) is 13.2 Å². The number of hydrogen-bond acceptors (Lipinski definition) is 9. The third kappa shape index (κ3) is 6.38. The SMILES string of the molecule is COC(=O)c1cc(NS(=O)(=O)c2ccc3c(c2)CN(C(C)c2ccc(OCC(F)(F)F)nc2)CC3)no1. The zero-order valence-corrected chi connectivity index (χ0v) is 20.6. The molecule has 3 aromatic rings. The average molecular weight is 541 g/mol. The second-order valence-electron chi connectivity index (χ2n) is 8.33. The number of hydrogen-bond donors (Lipinski definition) is 1. The Morgan fingerprint density at radius 2 is 2.00 bits per heavy atom. The Hall–Kier alpha value is -3.65. The second kappa shape index (κ2) is 10.4. The predicted molar refractivity (Wildman–Crippen MR) is 123 cm³/mol. The fourth-order valence-corrected chi connectivity index (χ4v) is 4.89. The number of ether oxygens (including phenoxy) is 2. The summed E-state index contributed by atoms with van der Waals surface area (Å²) in [4.78, 5) is 17.6. The number of esters is 1. The highest BCUT2D eigenvalue weighted by molar-refractivity contribution is 7.92. The third-order valence-corrected chi connectivity index (χ3v) is 7.19. The molecule has 0 saturated carbocycles. The van der Waals surface area contributed by atoms with Crippen LogP contribution >= 0.6 is 0 Å². The van der Waals surface area contributed by atoms with Crippen molar-refractivity contribution >= 4 is 21.8 Å². The Bertz CT molecular complexity index is 1380. The van der Waals surface area contributed by atoms with E-state index in [0.29, 0.717) is 19.5 Å². The molecule has 14 heteroatoms. The number of sulfonamides is 1. The van der Waals surface area contributed by atoms with Gasteiger partial charge in [0.05, 0.1) is 12.0 Å². The number of methoxy groups -OCH3 is 1. The van der Waals surface area contributed by atoms with Crippen molar-refractivity contribution in [3.63, 3.8) is 0 Å². The van der Waals surface area contributed by atoms with E-state index in [1.807, 2.05) is 6.92 Å². The van der Waals surface area contributed by atoms with E-state index in [2.05, 4.69) is 29.2 Å². The standard InChI is InChI=1S/C23H23F3N4O6S/c1-14(16-4-6-21(27-11-16)35-13-23(24,25)26)30-8-7-15-3-5-18(9-17(15)12-30)37(32,33)29-20-10-19(36-28-20)22(31)34-2/h3-6,9-11,14H,7-8,12-13H2,1-2H3,(H,28,29). The van der Waals surface area contributed by atoms with Crippen LogP contribution in [0.15, 0.2) is 52.0 Å². The summed E-state index contributed by atoms with van der Waals surface area (Å²) in [6.07, 6.45) is -2.30. The minimum atomic E-state index is -4.45. The summed E-state index contributed by atoms with van der Waals surface area (Å²) in [7, 11) is -2.87. The normalized spacial score (nSPS) is 15.1. The van der Waals surface area contributed by atoms with E-state index in [1.54, 1.807) is 18.2 Å². The highest BCUT2D eigenvalue weighted by atomic mass is 32.2. The molecular formula is C23H23F3N4O6S. The Morgan fingerprint density at radius 1 is 1.22 bits per heavy atom. The van der Waals surface area contributed by atoms with Crippen LogP contribution < -0.4 is 9.46 Å². The molecule has 4 rings (SSSR count). The van der Waals surface area contributed by atoms with Gasteiger partial charge in [-0.05, 0) is 42.2 Å². The van der Waals surface area contributed by atoms with Crippen LogP contribution in [0.5, 0.6) is 5.88 Å². The number of aromatic nitrogens is 2. The molecule has 10 nitrogen and oxygen atoms in total. The number of nitrogens with one attached hydrogen (secondary N) is 1. The lowest BCUT2D eigenvalue weighted by molar-refractivity contribution is -0.154.